The smallest absolute Gasteiger partial charge is 0.188 e. The third-order valence-electron chi connectivity index (χ3n) is 4.17. The second kappa shape index (κ2) is 6.44. The van der Waals surface area contributed by atoms with Crippen LogP contribution in [0.25, 0.3) is 0 Å². The highest BCUT2D eigenvalue weighted by Gasteiger charge is 2.38. The molecule has 2 fully saturated rings. The molecule has 2 aliphatic rings. The van der Waals surface area contributed by atoms with Crippen molar-refractivity contribution in [3.05, 3.63) is 0 Å². The van der Waals surface area contributed by atoms with Gasteiger partial charge in [-0.2, -0.15) is 0 Å². The zero-order valence-electron chi connectivity index (χ0n) is 11.9. The molecule has 3 unspecified atom stereocenters. The van der Waals surface area contributed by atoms with Crippen LogP contribution in [0.5, 0.6) is 0 Å². The molecule has 2 rings (SSSR count). The zero-order valence-corrected chi connectivity index (χ0v) is 14.2. The highest BCUT2D eigenvalue weighted by atomic mass is 127. The van der Waals surface area contributed by atoms with Gasteiger partial charge in [0.05, 0.1) is 0 Å². The maximum absolute atomic E-state index is 5.86. The summed E-state index contributed by atoms with van der Waals surface area (Å²) in [5.74, 6) is 3.58. The number of halogens is 1. The van der Waals surface area contributed by atoms with Gasteiger partial charge in [-0.3, -0.25) is 4.99 Å². The first-order valence-corrected chi connectivity index (χ1v) is 7.02. The van der Waals surface area contributed by atoms with Crippen molar-refractivity contribution in [2.45, 2.75) is 58.4 Å². The van der Waals surface area contributed by atoms with Crippen molar-refractivity contribution >= 4 is 29.9 Å². The van der Waals surface area contributed by atoms with Crippen LogP contribution >= 0.6 is 24.0 Å². The molecule has 0 heterocycles. The second-order valence-electron chi connectivity index (χ2n) is 6.87. The van der Waals surface area contributed by atoms with Crippen molar-refractivity contribution in [2.24, 2.45) is 28.5 Å². The summed E-state index contributed by atoms with van der Waals surface area (Å²) in [6, 6.07) is 0. The van der Waals surface area contributed by atoms with Crippen LogP contribution in [0, 0.1) is 17.8 Å². The van der Waals surface area contributed by atoms with E-state index in [0.717, 1.165) is 24.3 Å². The Balaban J connectivity index is 0.00000162. The fraction of sp³-hybridized carbons (Fsp3) is 0.929. The van der Waals surface area contributed by atoms with E-state index >= 15 is 0 Å². The summed E-state index contributed by atoms with van der Waals surface area (Å²) in [6.45, 7) is 7.20. The minimum absolute atomic E-state index is 0. The van der Waals surface area contributed by atoms with E-state index in [-0.39, 0.29) is 29.5 Å². The van der Waals surface area contributed by atoms with Gasteiger partial charge in [-0.25, -0.2) is 0 Å². The van der Waals surface area contributed by atoms with Gasteiger partial charge in [0.2, 0.25) is 0 Å². The standard InChI is InChI=1S/C14H27N3.HI/c1-14(2,3)17-13(15)16-7-6-12-9-10-4-5-11(12)8-10;/h10-12H,4-9H2,1-3H3,(H3,15,16,17);1H. The Labute approximate surface area is 128 Å². The lowest BCUT2D eigenvalue weighted by Gasteiger charge is -2.22. The van der Waals surface area contributed by atoms with E-state index in [1.165, 1.54) is 32.1 Å². The maximum Gasteiger partial charge on any atom is 0.188 e. The Morgan fingerprint density at radius 1 is 1.28 bits per heavy atom. The van der Waals surface area contributed by atoms with Crippen molar-refractivity contribution in [1.82, 2.24) is 5.32 Å². The number of hydrogen-bond donors (Lipinski definition) is 2. The Bertz CT molecular complexity index is 296. The van der Waals surface area contributed by atoms with E-state index < -0.39 is 0 Å². The third kappa shape index (κ3) is 4.59. The summed E-state index contributed by atoms with van der Waals surface area (Å²) >= 11 is 0. The summed E-state index contributed by atoms with van der Waals surface area (Å²) < 4.78 is 0. The van der Waals surface area contributed by atoms with Crippen molar-refractivity contribution in [3.63, 3.8) is 0 Å². The van der Waals surface area contributed by atoms with Gasteiger partial charge < -0.3 is 11.1 Å². The molecule has 0 amide bonds. The largest absolute Gasteiger partial charge is 0.370 e. The zero-order chi connectivity index (χ0) is 12.5. The van der Waals surface area contributed by atoms with Crippen molar-refractivity contribution < 1.29 is 0 Å². The van der Waals surface area contributed by atoms with Crippen molar-refractivity contribution in [1.29, 1.82) is 0 Å². The molecular weight excluding hydrogens is 337 g/mol. The number of nitrogens with one attached hydrogen (secondary N) is 1. The molecule has 0 aromatic rings. The van der Waals surface area contributed by atoms with Crippen LogP contribution in [-0.4, -0.2) is 18.0 Å². The summed E-state index contributed by atoms with van der Waals surface area (Å²) in [7, 11) is 0. The molecule has 4 heteroatoms. The average molecular weight is 365 g/mol. The van der Waals surface area contributed by atoms with E-state index in [1.54, 1.807) is 0 Å². The first kappa shape index (κ1) is 16.1. The predicted molar refractivity (Wildman–Crippen MR) is 88.3 cm³/mol. The average Bonchev–Trinajstić information content (AvgIpc) is 2.75. The van der Waals surface area contributed by atoms with E-state index in [4.69, 9.17) is 5.73 Å². The molecule has 2 aliphatic carbocycles. The van der Waals surface area contributed by atoms with Crippen molar-refractivity contribution in [2.75, 3.05) is 6.54 Å². The minimum atomic E-state index is 0. The molecule has 3 N–H and O–H groups in total. The normalized spacial score (nSPS) is 31.3. The van der Waals surface area contributed by atoms with Crippen LogP contribution in [0.1, 0.15) is 52.9 Å². The molecule has 2 bridgehead atoms. The molecule has 18 heavy (non-hydrogen) atoms. The number of nitrogens with two attached hydrogens (primary N) is 1. The Morgan fingerprint density at radius 2 is 2.00 bits per heavy atom. The van der Waals surface area contributed by atoms with Crippen molar-refractivity contribution in [3.8, 4) is 0 Å². The van der Waals surface area contributed by atoms with Gasteiger partial charge in [-0.15, -0.1) is 24.0 Å². The fourth-order valence-electron chi connectivity index (χ4n) is 3.50. The lowest BCUT2D eigenvalue weighted by atomic mass is 9.86. The van der Waals surface area contributed by atoms with Gasteiger partial charge >= 0.3 is 0 Å². The Hall–Kier alpha value is 0. The predicted octanol–water partition coefficient (Wildman–Crippen LogP) is 3.13. The van der Waals surface area contributed by atoms with Crippen LogP contribution < -0.4 is 11.1 Å². The third-order valence-corrected chi connectivity index (χ3v) is 4.17. The van der Waals surface area contributed by atoms with Gasteiger partial charge in [-0.1, -0.05) is 6.42 Å². The summed E-state index contributed by atoms with van der Waals surface area (Å²) in [5.41, 5.74) is 5.87. The van der Waals surface area contributed by atoms with Crippen LogP contribution in [0.3, 0.4) is 0 Å². The van der Waals surface area contributed by atoms with Gasteiger partial charge in [0.15, 0.2) is 5.96 Å². The minimum Gasteiger partial charge on any atom is -0.370 e. The van der Waals surface area contributed by atoms with E-state index in [1.807, 2.05) is 0 Å². The van der Waals surface area contributed by atoms with Crippen LogP contribution in [-0.2, 0) is 0 Å². The quantitative estimate of drug-likeness (QED) is 0.459. The molecule has 0 spiro atoms. The molecule has 0 aliphatic heterocycles. The van der Waals surface area contributed by atoms with E-state index in [2.05, 4.69) is 31.1 Å². The van der Waals surface area contributed by atoms with Gasteiger partial charge in [-0.05, 0) is 64.2 Å². The summed E-state index contributed by atoms with van der Waals surface area (Å²) in [5, 5.41) is 3.21. The molecule has 2 saturated carbocycles. The lowest BCUT2D eigenvalue weighted by molar-refractivity contribution is 0.318. The first-order chi connectivity index (χ1) is 7.94. The Morgan fingerprint density at radius 3 is 2.50 bits per heavy atom. The molecular formula is C14H28IN3. The number of fused-ring (bicyclic) bond motifs is 2. The number of nitrogens with zero attached hydrogens (tertiary/aromatic N) is 1. The van der Waals surface area contributed by atoms with E-state index in [0.29, 0.717) is 5.96 Å². The molecule has 0 saturated heterocycles. The molecule has 0 radical (unpaired) electrons. The second-order valence-corrected chi connectivity index (χ2v) is 6.87. The SMILES string of the molecule is CC(C)(C)NC(N)=NCCC1CC2CCC1C2.I. The van der Waals surface area contributed by atoms with Gasteiger partial charge in [0.25, 0.3) is 0 Å². The number of rotatable bonds is 3. The summed E-state index contributed by atoms with van der Waals surface area (Å²) in [6.07, 6.45) is 7.12. The molecule has 106 valence electrons. The number of guanidine groups is 1. The molecule has 3 nitrogen and oxygen atoms in total. The highest BCUT2D eigenvalue weighted by molar-refractivity contribution is 14.0. The lowest BCUT2D eigenvalue weighted by Crippen LogP contribution is -2.45. The molecule has 0 aromatic heterocycles. The first-order valence-electron chi connectivity index (χ1n) is 7.02. The number of hydrogen-bond acceptors (Lipinski definition) is 1. The Kier molecular flexibility index (Phi) is 5.74. The van der Waals surface area contributed by atoms with Crippen LogP contribution in [0.2, 0.25) is 0 Å². The highest BCUT2D eigenvalue weighted by Crippen LogP contribution is 2.49. The van der Waals surface area contributed by atoms with Gasteiger partial charge in [0, 0.05) is 12.1 Å². The molecule has 3 atom stereocenters. The monoisotopic (exact) mass is 365 g/mol. The topological polar surface area (TPSA) is 50.4 Å². The van der Waals surface area contributed by atoms with Crippen LogP contribution in [0.15, 0.2) is 4.99 Å². The maximum atomic E-state index is 5.86. The molecule has 0 aromatic carbocycles. The number of aliphatic imine (C=N–C) groups is 1. The fourth-order valence-corrected chi connectivity index (χ4v) is 3.50. The van der Waals surface area contributed by atoms with Gasteiger partial charge in [0.1, 0.15) is 0 Å². The van der Waals surface area contributed by atoms with E-state index in [9.17, 15) is 0 Å². The van der Waals surface area contributed by atoms with Crippen LogP contribution in [0.4, 0.5) is 0 Å². The summed E-state index contributed by atoms with van der Waals surface area (Å²) in [4.78, 5) is 4.44.